The van der Waals surface area contributed by atoms with Gasteiger partial charge in [0.25, 0.3) is 0 Å². The monoisotopic (exact) mass is 730 g/mol. The van der Waals surface area contributed by atoms with Crippen molar-refractivity contribution in [2.24, 2.45) is 15.0 Å². The first kappa shape index (κ1) is 38.4. The molecule has 8 nitrogen and oxygen atoms in total. The van der Waals surface area contributed by atoms with E-state index in [0.29, 0.717) is 18.2 Å². The molecule has 0 saturated heterocycles. The van der Waals surface area contributed by atoms with Gasteiger partial charge in [-0.1, -0.05) is 49.6 Å². The Morgan fingerprint density at radius 3 is 2.37 bits per heavy atom. The number of aryl methyl sites for hydroxylation is 2. The maximum absolute atomic E-state index is 9.08. The quantitative estimate of drug-likeness (QED) is 0.0790. The van der Waals surface area contributed by atoms with Gasteiger partial charge in [0, 0.05) is 58.6 Å². The molecule has 0 aliphatic heterocycles. The summed E-state index contributed by atoms with van der Waals surface area (Å²) in [5, 5.41) is 19.1. The molecule has 0 spiro atoms. The molecule has 4 aromatic carbocycles. The fourth-order valence-corrected chi connectivity index (χ4v) is 7.58. The van der Waals surface area contributed by atoms with Crippen LogP contribution in [0.5, 0.6) is 0 Å². The van der Waals surface area contributed by atoms with Crippen molar-refractivity contribution >= 4 is 74.4 Å². The first-order chi connectivity index (χ1) is 26.1. The predicted octanol–water partition coefficient (Wildman–Crippen LogP) is 6.93. The van der Waals surface area contributed by atoms with E-state index in [9.17, 15) is 0 Å². The molecule has 0 fully saturated rings. The van der Waals surface area contributed by atoms with E-state index >= 15 is 0 Å². The van der Waals surface area contributed by atoms with Crippen LogP contribution in [0.1, 0.15) is 22.3 Å². The normalized spacial score (nSPS) is 12.6. The Morgan fingerprint density at radius 1 is 0.852 bits per heavy atom. The molecule has 1 aliphatic carbocycles. The first-order valence-electron chi connectivity index (χ1n) is 17.3. The molecule has 0 bridgehead atoms. The van der Waals surface area contributed by atoms with Gasteiger partial charge in [0.1, 0.15) is 5.82 Å². The Hall–Kier alpha value is -5.29. The van der Waals surface area contributed by atoms with Crippen molar-refractivity contribution in [1.29, 1.82) is 10.8 Å². The molecule has 0 radical (unpaired) electrons. The number of nitrogens with one attached hydrogen (secondary N) is 2. The number of allylic oxidation sites excluding steroid dienone is 4. The van der Waals surface area contributed by atoms with Crippen molar-refractivity contribution < 1.29 is 51.4 Å². The molecule has 1 aliphatic rings. The molecule has 0 unspecified atom stereocenters. The Balaban J connectivity index is 0.00000163. The zero-order chi connectivity index (χ0) is 37.1. The second kappa shape index (κ2) is 16.8. The fraction of sp³-hybridized carbons (Fsp3) is 0.0889. The van der Waals surface area contributed by atoms with Crippen LogP contribution in [0.4, 0.5) is 0 Å². The number of pyridine rings is 1. The Labute approximate surface area is 357 Å². The van der Waals surface area contributed by atoms with E-state index in [-0.39, 0.29) is 51.4 Å². The molecule has 2 N–H and O–H groups in total. The maximum atomic E-state index is 9.08. The number of benzene rings is 4. The van der Waals surface area contributed by atoms with E-state index in [2.05, 4.69) is 107 Å². The zero-order valence-corrected chi connectivity index (χ0v) is 33.8. The number of amidine groups is 1. The Bertz CT molecular complexity index is 2710. The van der Waals surface area contributed by atoms with Gasteiger partial charge in [-0.25, -0.2) is 23.0 Å². The van der Waals surface area contributed by atoms with E-state index < -0.39 is 0 Å². The third kappa shape index (κ3) is 6.70. The summed E-state index contributed by atoms with van der Waals surface area (Å²) in [6, 6.07) is 28.0. The molecular weight excluding hydrogens is 692 g/mol. The van der Waals surface area contributed by atoms with Crippen LogP contribution in [0.3, 0.4) is 0 Å². The Morgan fingerprint density at radius 2 is 1.63 bits per heavy atom. The zero-order valence-electron chi connectivity index (χ0n) is 30.7. The molecule has 8 rings (SSSR count). The van der Waals surface area contributed by atoms with Crippen LogP contribution < -0.4 is 51.4 Å². The molecule has 0 saturated carbocycles. The van der Waals surface area contributed by atoms with Gasteiger partial charge >= 0.3 is 51.4 Å². The third-order valence-corrected chi connectivity index (χ3v) is 9.67. The average molecular weight is 731 g/mol. The van der Waals surface area contributed by atoms with Crippen LogP contribution >= 0.6 is 0 Å². The summed E-state index contributed by atoms with van der Waals surface area (Å²) in [5.74, 6) is 1.87. The number of nitrogens with zero attached hydrogens (tertiary/aromatic N) is 6. The van der Waals surface area contributed by atoms with Crippen LogP contribution in [-0.4, -0.2) is 52.0 Å². The average Bonchev–Trinajstić information content (AvgIpc) is 3.70. The topological polar surface area (TPSA) is 108 Å². The van der Waals surface area contributed by atoms with Gasteiger partial charge in [0.05, 0.1) is 28.6 Å². The second-order valence-electron chi connectivity index (χ2n) is 12.5. The van der Waals surface area contributed by atoms with Crippen molar-refractivity contribution in [3.63, 3.8) is 0 Å². The number of aliphatic imine (C=N–C) groups is 3. The van der Waals surface area contributed by atoms with Crippen molar-refractivity contribution in [2.45, 2.75) is 19.4 Å². The second-order valence-corrected chi connectivity index (χ2v) is 12.5. The van der Waals surface area contributed by atoms with E-state index in [0.717, 1.165) is 57.1 Å². The van der Waals surface area contributed by atoms with Gasteiger partial charge < -0.3 is 15.4 Å². The molecule has 9 heteroatoms. The first-order valence-corrected chi connectivity index (χ1v) is 17.3. The summed E-state index contributed by atoms with van der Waals surface area (Å²) in [4.78, 5) is 18.3. The van der Waals surface area contributed by atoms with Gasteiger partial charge in [0.2, 0.25) is 0 Å². The van der Waals surface area contributed by atoms with E-state index in [4.69, 9.17) is 15.8 Å². The fourth-order valence-electron chi connectivity index (χ4n) is 7.58. The van der Waals surface area contributed by atoms with Crippen LogP contribution in [0.25, 0.3) is 60.6 Å². The van der Waals surface area contributed by atoms with E-state index in [1.165, 1.54) is 38.5 Å². The minimum absolute atomic E-state index is 0. The molecule has 0 amide bonds. The summed E-state index contributed by atoms with van der Waals surface area (Å²) >= 11 is 0. The van der Waals surface area contributed by atoms with Gasteiger partial charge in [0.15, 0.2) is 5.84 Å². The number of aromatic nitrogens is 3. The predicted molar refractivity (Wildman–Crippen MR) is 225 cm³/mol. The summed E-state index contributed by atoms with van der Waals surface area (Å²) in [5.41, 5.74) is 11.2. The number of hydrogen-bond acceptors (Lipinski definition) is 5. The molecule has 0 atom stereocenters. The van der Waals surface area contributed by atoms with Crippen LogP contribution in [0, 0.1) is 17.7 Å². The Kier molecular flexibility index (Phi) is 12.0. The van der Waals surface area contributed by atoms with Crippen molar-refractivity contribution in [3.8, 4) is 16.9 Å². The summed E-state index contributed by atoms with van der Waals surface area (Å²) in [7, 11) is 1.74. The van der Waals surface area contributed by atoms with Crippen molar-refractivity contribution in [1.82, 2.24) is 14.1 Å². The van der Waals surface area contributed by atoms with E-state index in [1.54, 1.807) is 43.8 Å². The van der Waals surface area contributed by atoms with Gasteiger partial charge in [-0.2, -0.15) is 6.08 Å². The summed E-state index contributed by atoms with van der Waals surface area (Å²) in [6.07, 6.45) is 13.8. The van der Waals surface area contributed by atoms with Gasteiger partial charge in [-0.05, 0) is 102 Å². The number of rotatable bonds is 7. The molecular formula is C45H39KN8. The van der Waals surface area contributed by atoms with E-state index in [1.807, 2.05) is 29.0 Å². The number of hydrogen-bond donors (Lipinski definition) is 2. The van der Waals surface area contributed by atoms with Gasteiger partial charge in [-0.15, -0.1) is 0 Å². The molecule has 7 aromatic rings. The molecule has 54 heavy (non-hydrogen) atoms. The minimum atomic E-state index is 0. The van der Waals surface area contributed by atoms with Crippen molar-refractivity contribution in [3.05, 3.63) is 152 Å². The third-order valence-electron chi connectivity index (χ3n) is 9.67. The standard InChI is InChI=1S/C44H36N7.CH3N.K/c1-5-10-41(45)50-38-19-14-30(44(46-4)49-21-7-3)25-36(38)37-24-29-13-15-32-31(34(29)26-40(37)50)16-17-33-35-23-28(27-47-20-6-2)12-18-39(35)51(43(32)33)42-11-8-9-22-48-42;1-2;/h5-12,14,16-26,45H,1-3,13,15,27H2,4H3;2H,1H2;/q-1;;+1/b10-5-,45-41?,46-44?,47-20?,49-21?;;. The molecule has 260 valence electrons. The van der Waals surface area contributed by atoms with Crippen LogP contribution in [-0.2, 0) is 19.4 Å². The summed E-state index contributed by atoms with van der Waals surface area (Å²) < 4.78 is 4.33. The SMILES string of the molecule is C=CC=NCc1ccc2c(c1)c1ccc3c(c1n2-c1ccccn1)CCc1cc2c4cc(C(N=CC=C)=NC)ccc4n(C(=N)/C=C\[CH2-])c2cc1-3.C=N.[K+]. The molecule has 3 aromatic heterocycles. The molecule has 3 heterocycles. The van der Waals surface area contributed by atoms with Crippen LogP contribution in [0.2, 0.25) is 0 Å². The van der Waals surface area contributed by atoms with Crippen LogP contribution in [0.15, 0.2) is 137 Å². The van der Waals surface area contributed by atoms with Gasteiger partial charge in [-0.3, -0.25) is 14.6 Å². The van der Waals surface area contributed by atoms with Crippen molar-refractivity contribution in [2.75, 3.05) is 7.05 Å². The maximum Gasteiger partial charge on any atom is 1.00 e. The smallest absolute Gasteiger partial charge is 0.317 e. The number of fused-ring (bicyclic) bond motifs is 10. The minimum Gasteiger partial charge on any atom is -0.317 e. The summed E-state index contributed by atoms with van der Waals surface area (Å²) in [6.45, 7) is 14.5. The largest absolute Gasteiger partial charge is 1.00 e.